The van der Waals surface area contributed by atoms with Crippen LogP contribution in [0.5, 0.6) is 0 Å². The van der Waals surface area contributed by atoms with Gasteiger partial charge in [-0.3, -0.25) is 4.90 Å². The second-order valence-corrected chi connectivity index (χ2v) is 6.65. The molecular weight excluding hydrogens is 267 g/mol. The van der Waals surface area contributed by atoms with E-state index in [0.717, 1.165) is 56.4 Å². The normalized spacial score (nSPS) is 30.1. The summed E-state index contributed by atoms with van der Waals surface area (Å²) in [5, 5.41) is 10.7. The van der Waals surface area contributed by atoms with Crippen LogP contribution in [0.25, 0.3) is 0 Å². The fraction of sp³-hybridized carbons (Fsp3) is 0.647. The first-order chi connectivity index (χ1) is 10.1. The van der Waals surface area contributed by atoms with Crippen LogP contribution in [0.4, 0.5) is 4.39 Å². The Morgan fingerprint density at radius 1 is 1.29 bits per heavy atom. The van der Waals surface area contributed by atoms with Gasteiger partial charge in [0.05, 0.1) is 5.60 Å². The Labute approximate surface area is 125 Å². The summed E-state index contributed by atoms with van der Waals surface area (Å²) < 4.78 is 13.3. The maximum atomic E-state index is 13.3. The summed E-state index contributed by atoms with van der Waals surface area (Å²) in [6, 6.07) is 4.89. The van der Waals surface area contributed by atoms with E-state index in [4.69, 9.17) is 5.73 Å². The zero-order chi connectivity index (χ0) is 14.9. The van der Waals surface area contributed by atoms with E-state index in [1.54, 1.807) is 0 Å². The number of nitrogens with zero attached hydrogens (tertiary/aromatic N) is 1. The minimum Gasteiger partial charge on any atom is -0.390 e. The highest BCUT2D eigenvalue weighted by Gasteiger charge is 2.42. The fourth-order valence-corrected chi connectivity index (χ4v) is 3.96. The zero-order valence-electron chi connectivity index (χ0n) is 12.5. The molecule has 21 heavy (non-hydrogen) atoms. The third-order valence-corrected chi connectivity index (χ3v) is 5.29. The van der Waals surface area contributed by atoms with Crippen LogP contribution in [0.3, 0.4) is 0 Å². The van der Waals surface area contributed by atoms with E-state index in [9.17, 15) is 9.50 Å². The molecule has 2 aliphatic rings. The topological polar surface area (TPSA) is 49.5 Å². The number of piperidine rings is 1. The minimum atomic E-state index is -0.436. The largest absolute Gasteiger partial charge is 0.390 e. The van der Waals surface area contributed by atoms with Crippen molar-refractivity contribution >= 4 is 0 Å². The molecule has 0 radical (unpaired) electrons. The highest BCUT2D eigenvalue weighted by atomic mass is 19.1. The van der Waals surface area contributed by atoms with Crippen molar-refractivity contribution in [3.8, 4) is 0 Å². The predicted octanol–water partition coefficient (Wildman–Crippen LogP) is 2.41. The Morgan fingerprint density at radius 3 is 2.95 bits per heavy atom. The molecule has 0 aromatic heterocycles. The average Bonchev–Trinajstić information content (AvgIpc) is 2.49. The molecule has 3 nitrogen and oxygen atoms in total. The van der Waals surface area contributed by atoms with Gasteiger partial charge >= 0.3 is 0 Å². The number of likely N-dealkylation sites (tertiary alicyclic amines) is 1. The van der Waals surface area contributed by atoms with Gasteiger partial charge in [-0.15, -0.1) is 0 Å². The van der Waals surface area contributed by atoms with Gasteiger partial charge in [0, 0.05) is 32.1 Å². The summed E-state index contributed by atoms with van der Waals surface area (Å²) in [5.74, 6) is 0.168. The van der Waals surface area contributed by atoms with Crippen LogP contribution in [0.1, 0.15) is 43.2 Å². The molecule has 2 atom stereocenters. The van der Waals surface area contributed by atoms with Crippen molar-refractivity contribution < 1.29 is 9.50 Å². The van der Waals surface area contributed by atoms with Gasteiger partial charge in [-0.05, 0) is 42.5 Å². The van der Waals surface area contributed by atoms with Gasteiger partial charge < -0.3 is 10.8 Å². The molecule has 0 amide bonds. The molecule has 1 saturated carbocycles. The Bertz CT molecular complexity index is 508. The lowest BCUT2D eigenvalue weighted by atomic mass is 9.71. The lowest BCUT2D eigenvalue weighted by Crippen LogP contribution is -2.53. The van der Waals surface area contributed by atoms with Crippen LogP contribution in [-0.2, 0) is 13.1 Å². The highest BCUT2D eigenvalue weighted by Crippen LogP contribution is 2.40. The molecule has 3 N–H and O–H groups in total. The van der Waals surface area contributed by atoms with Gasteiger partial charge in [0.1, 0.15) is 5.82 Å². The highest BCUT2D eigenvalue weighted by molar-refractivity contribution is 5.27. The van der Waals surface area contributed by atoms with Gasteiger partial charge in [0.2, 0.25) is 0 Å². The summed E-state index contributed by atoms with van der Waals surface area (Å²) in [6.07, 6.45) is 5.32. The van der Waals surface area contributed by atoms with Crippen molar-refractivity contribution in [1.29, 1.82) is 0 Å². The van der Waals surface area contributed by atoms with E-state index in [-0.39, 0.29) is 5.82 Å². The van der Waals surface area contributed by atoms with E-state index >= 15 is 0 Å². The van der Waals surface area contributed by atoms with E-state index in [1.807, 2.05) is 6.07 Å². The summed E-state index contributed by atoms with van der Waals surface area (Å²) in [5.41, 5.74) is 7.29. The third-order valence-electron chi connectivity index (χ3n) is 5.29. The van der Waals surface area contributed by atoms with Crippen molar-refractivity contribution in [3.05, 3.63) is 35.1 Å². The molecule has 1 saturated heterocycles. The Kier molecular flexibility index (Phi) is 4.29. The maximum absolute atomic E-state index is 13.3. The van der Waals surface area contributed by atoms with Crippen molar-refractivity contribution in [2.45, 2.75) is 50.8 Å². The summed E-state index contributed by atoms with van der Waals surface area (Å²) in [7, 11) is 0. The molecule has 1 aromatic rings. The Hall–Kier alpha value is -0.970. The van der Waals surface area contributed by atoms with Crippen LogP contribution >= 0.6 is 0 Å². The first kappa shape index (κ1) is 14.9. The van der Waals surface area contributed by atoms with Crippen LogP contribution < -0.4 is 5.73 Å². The van der Waals surface area contributed by atoms with Gasteiger partial charge in [-0.2, -0.15) is 0 Å². The van der Waals surface area contributed by atoms with Crippen molar-refractivity contribution in [3.63, 3.8) is 0 Å². The molecule has 3 rings (SSSR count). The minimum absolute atomic E-state index is 0.223. The van der Waals surface area contributed by atoms with Gasteiger partial charge in [-0.25, -0.2) is 4.39 Å². The molecule has 116 valence electrons. The standard InChI is InChI=1S/C17H25FN2O/c18-16-5-4-13(14(9-16)10-19)11-20-8-7-17(21)6-2-1-3-15(17)12-20/h4-5,9,15,21H,1-3,6-8,10-12,19H2. The molecule has 0 bridgehead atoms. The monoisotopic (exact) mass is 292 g/mol. The smallest absolute Gasteiger partial charge is 0.123 e. The number of aliphatic hydroxyl groups is 1. The zero-order valence-corrected chi connectivity index (χ0v) is 12.5. The third kappa shape index (κ3) is 3.12. The first-order valence-electron chi connectivity index (χ1n) is 8.03. The van der Waals surface area contributed by atoms with E-state index in [1.165, 1.54) is 18.6 Å². The summed E-state index contributed by atoms with van der Waals surface area (Å²) in [4.78, 5) is 2.39. The SMILES string of the molecule is NCc1cc(F)ccc1CN1CCC2(O)CCCCC2C1. The number of hydrogen-bond donors (Lipinski definition) is 2. The molecule has 2 unspecified atom stereocenters. The van der Waals surface area contributed by atoms with Crippen LogP contribution in [-0.4, -0.2) is 28.7 Å². The number of nitrogens with two attached hydrogens (primary N) is 1. The van der Waals surface area contributed by atoms with Crippen LogP contribution in [0.2, 0.25) is 0 Å². The summed E-state index contributed by atoms with van der Waals surface area (Å²) in [6.45, 7) is 3.03. The second-order valence-electron chi connectivity index (χ2n) is 6.65. The number of rotatable bonds is 3. The predicted molar refractivity (Wildman–Crippen MR) is 81.1 cm³/mol. The molecule has 2 fully saturated rings. The molecule has 1 aliphatic carbocycles. The van der Waals surface area contributed by atoms with Crippen molar-refractivity contribution in [2.75, 3.05) is 13.1 Å². The number of hydrogen-bond acceptors (Lipinski definition) is 3. The molecule has 1 heterocycles. The maximum Gasteiger partial charge on any atom is 0.123 e. The molecule has 1 aromatic carbocycles. The van der Waals surface area contributed by atoms with Crippen molar-refractivity contribution in [2.24, 2.45) is 11.7 Å². The van der Waals surface area contributed by atoms with Crippen LogP contribution in [0, 0.1) is 11.7 Å². The molecular formula is C17H25FN2O. The van der Waals surface area contributed by atoms with Gasteiger partial charge in [-0.1, -0.05) is 18.9 Å². The van der Waals surface area contributed by atoms with Gasteiger partial charge in [0.15, 0.2) is 0 Å². The molecule has 4 heteroatoms. The number of fused-ring (bicyclic) bond motifs is 1. The van der Waals surface area contributed by atoms with E-state index in [0.29, 0.717) is 12.5 Å². The fourth-order valence-electron chi connectivity index (χ4n) is 3.96. The lowest BCUT2D eigenvalue weighted by molar-refractivity contribution is -0.0968. The Morgan fingerprint density at radius 2 is 2.14 bits per heavy atom. The Balaban J connectivity index is 1.69. The second kappa shape index (κ2) is 6.03. The molecule has 1 aliphatic heterocycles. The number of halogens is 1. The average molecular weight is 292 g/mol. The number of benzene rings is 1. The lowest BCUT2D eigenvalue weighted by Gasteiger charge is -2.47. The first-order valence-corrected chi connectivity index (χ1v) is 8.03. The van der Waals surface area contributed by atoms with Crippen LogP contribution in [0.15, 0.2) is 18.2 Å². The van der Waals surface area contributed by atoms with Crippen molar-refractivity contribution in [1.82, 2.24) is 4.90 Å². The van der Waals surface area contributed by atoms with E-state index in [2.05, 4.69) is 4.90 Å². The molecule has 0 spiro atoms. The summed E-state index contributed by atoms with van der Waals surface area (Å²) >= 11 is 0. The van der Waals surface area contributed by atoms with E-state index < -0.39 is 5.60 Å². The van der Waals surface area contributed by atoms with Gasteiger partial charge in [0.25, 0.3) is 0 Å². The quantitative estimate of drug-likeness (QED) is 0.899.